The number of carboxylic acids is 1. The standard InChI is InChI=1S/C41H46N4O10/c1-40(2,3)54-36(48)42-33-17-9-13-30(24-33)26-44(7)38(50)52-19-11-15-28-21-29(23-32(22-28)35(46)47)16-12-20-53-39(51)45(8)27-31-14-10-18-34(25-31)43-37(49)55-41(4,5)6/h9-10,13-14,17-18,21-25H,19-20,26-27H2,1-8H3,(H,42,48)(H,43,49)(H,46,47). The van der Waals surface area contributed by atoms with E-state index in [1.54, 1.807) is 110 Å². The molecule has 0 radical (unpaired) electrons. The lowest BCUT2D eigenvalue weighted by atomic mass is 10.1. The Hall–Kier alpha value is -6.67. The Bertz CT molecular complexity index is 1870. The summed E-state index contributed by atoms with van der Waals surface area (Å²) in [5.41, 5.74) is 1.77. The first kappa shape index (κ1) is 42.7. The van der Waals surface area contributed by atoms with Gasteiger partial charge in [-0.1, -0.05) is 47.9 Å². The highest BCUT2D eigenvalue weighted by Gasteiger charge is 2.18. The van der Waals surface area contributed by atoms with Crippen LogP contribution < -0.4 is 10.6 Å². The predicted molar refractivity (Wildman–Crippen MR) is 205 cm³/mol. The average Bonchev–Trinajstić information content (AvgIpc) is 3.06. The molecule has 0 saturated carbocycles. The highest BCUT2D eigenvalue weighted by atomic mass is 16.6. The van der Waals surface area contributed by atoms with Crippen molar-refractivity contribution >= 4 is 41.7 Å². The minimum atomic E-state index is -1.19. The molecular weight excluding hydrogens is 708 g/mol. The SMILES string of the molecule is CN(Cc1cccc(NC(=O)OC(C)(C)C)c1)C(=O)OCC#Cc1cc(C#CCOC(=O)N(C)Cc2cccc(NC(=O)OC(C)(C)C)c2)cc(C(=O)O)c1. The molecule has 3 N–H and O–H groups in total. The number of amides is 4. The largest absolute Gasteiger partial charge is 0.478 e. The molecule has 0 unspecified atom stereocenters. The number of hydrogen-bond donors (Lipinski definition) is 3. The first-order valence-corrected chi connectivity index (χ1v) is 17.1. The van der Waals surface area contributed by atoms with E-state index in [4.69, 9.17) is 18.9 Å². The van der Waals surface area contributed by atoms with Crippen LogP contribution in [0.4, 0.5) is 30.6 Å². The van der Waals surface area contributed by atoms with Gasteiger partial charge in [-0.3, -0.25) is 10.6 Å². The molecule has 3 aromatic rings. The Morgan fingerprint density at radius 2 is 1.04 bits per heavy atom. The summed E-state index contributed by atoms with van der Waals surface area (Å²) in [4.78, 5) is 63.8. The third kappa shape index (κ3) is 16.3. The lowest BCUT2D eigenvalue weighted by molar-refractivity contribution is 0.0624. The van der Waals surface area contributed by atoms with E-state index in [2.05, 4.69) is 34.3 Å². The number of carbonyl (C=O) groups excluding carboxylic acids is 4. The van der Waals surface area contributed by atoms with Crippen LogP contribution in [0.1, 0.15) is 74.2 Å². The summed E-state index contributed by atoms with van der Waals surface area (Å²) in [5.74, 6) is 9.79. The fraction of sp³-hybridized carbons (Fsp3) is 0.341. The van der Waals surface area contributed by atoms with Gasteiger partial charge >= 0.3 is 30.3 Å². The molecule has 0 heterocycles. The summed E-state index contributed by atoms with van der Waals surface area (Å²) in [6.07, 6.45) is -2.48. The van der Waals surface area contributed by atoms with Gasteiger partial charge in [0.25, 0.3) is 0 Å². The fourth-order valence-corrected chi connectivity index (χ4v) is 4.60. The van der Waals surface area contributed by atoms with Crippen molar-refractivity contribution < 1.29 is 48.0 Å². The zero-order chi connectivity index (χ0) is 40.8. The van der Waals surface area contributed by atoms with E-state index >= 15 is 0 Å². The molecule has 3 aromatic carbocycles. The van der Waals surface area contributed by atoms with E-state index in [1.807, 2.05) is 0 Å². The van der Waals surface area contributed by atoms with Crippen molar-refractivity contribution in [3.05, 3.63) is 94.5 Å². The maximum Gasteiger partial charge on any atom is 0.412 e. The minimum Gasteiger partial charge on any atom is -0.478 e. The molecule has 14 heteroatoms. The monoisotopic (exact) mass is 754 g/mol. The van der Waals surface area contributed by atoms with Gasteiger partial charge in [-0.05, 0) is 95.1 Å². The zero-order valence-electron chi connectivity index (χ0n) is 32.2. The maximum atomic E-state index is 12.6. The van der Waals surface area contributed by atoms with Gasteiger partial charge in [0.15, 0.2) is 13.2 Å². The van der Waals surface area contributed by atoms with E-state index in [9.17, 15) is 29.1 Å². The van der Waals surface area contributed by atoms with E-state index in [0.717, 1.165) is 11.1 Å². The lowest BCUT2D eigenvalue weighted by Crippen LogP contribution is -2.28. The van der Waals surface area contributed by atoms with Crippen LogP contribution in [0.15, 0.2) is 66.7 Å². The van der Waals surface area contributed by atoms with E-state index in [0.29, 0.717) is 22.5 Å². The fourth-order valence-electron chi connectivity index (χ4n) is 4.60. The Labute approximate surface area is 321 Å². The van der Waals surface area contributed by atoms with Crippen LogP contribution in [0.3, 0.4) is 0 Å². The number of carboxylic acid groups (broad SMARTS) is 1. The van der Waals surface area contributed by atoms with Crippen molar-refractivity contribution in [2.45, 2.75) is 65.8 Å². The highest BCUT2D eigenvalue weighted by Crippen LogP contribution is 2.17. The van der Waals surface area contributed by atoms with Gasteiger partial charge in [0, 0.05) is 49.7 Å². The van der Waals surface area contributed by atoms with Crippen LogP contribution in [0.5, 0.6) is 0 Å². The number of aromatic carboxylic acids is 1. The van der Waals surface area contributed by atoms with Crippen LogP contribution in [0, 0.1) is 23.7 Å². The van der Waals surface area contributed by atoms with Gasteiger partial charge in [0.1, 0.15) is 11.2 Å². The molecule has 0 saturated heterocycles. The maximum absolute atomic E-state index is 12.6. The summed E-state index contributed by atoms with van der Waals surface area (Å²) < 4.78 is 21.1. The van der Waals surface area contributed by atoms with Crippen molar-refractivity contribution in [1.82, 2.24) is 9.80 Å². The van der Waals surface area contributed by atoms with Gasteiger partial charge in [-0.25, -0.2) is 24.0 Å². The quantitative estimate of drug-likeness (QED) is 0.148. The van der Waals surface area contributed by atoms with Crippen LogP contribution in [0.25, 0.3) is 0 Å². The summed E-state index contributed by atoms with van der Waals surface area (Å²) in [6.45, 7) is 10.4. The molecule has 0 atom stereocenters. The van der Waals surface area contributed by atoms with Gasteiger partial charge in [-0.2, -0.15) is 0 Å². The molecule has 0 aliphatic carbocycles. The molecule has 0 spiro atoms. The zero-order valence-corrected chi connectivity index (χ0v) is 32.2. The molecule has 4 amide bonds. The second kappa shape index (κ2) is 19.4. The number of hydrogen-bond acceptors (Lipinski definition) is 9. The molecule has 14 nitrogen and oxygen atoms in total. The normalized spacial score (nSPS) is 10.6. The number of benzene rings is 3. The Kier molecular flexibility index (Phi) is 15.1. The van der Waals surface area contributed by atoms with Crippen molar-refractivity contribution in [3.8, 4) is 23.7 Å². The second-order valence-electron chi connectivity index (χ2n) is 14.2. The highest BCUT2D eigenvalue weighted by molar-refractivity contribution is 5.89. The number of rotatable bonds is 9. The molecule has 0 fully saturated rings. The van der Waals surface area contributed by atoms with Crippen molar-refractivity contribution in [3.63, 3.8) is 0 Å². The first-order chi connectivity index (χ1) is 25.8. The summed E-state index contributed by atoms with van der Waals surface area (Å²) in [5, 5.41) is 14.9. The number of carbonyl (C=O) groups is 5. The third-order valence-electron chi connectivity index (χ3n) is 6.79. The van der Waals surface area contributed by atoms with Crippen molar-refractivity contribution in [2.75, 3.05) is 37.9 Å². The van der Waals surface area contributed by atoms with Gasteiger partial charge in [0.2, 0.25) is 0 Å². The minimum absolute atomic E-state index is 0.0590. The molecule has 3 rings (SSSR count). The Morgan fingerprint density at radius 3 is 1.40 bits per heavy atom. The average molecular weight is 755 g/mol. The first-order valence-electron chi connectivity index (χ1n) is 17.1. The Balaban J connectivity index is 1.52. The second-order valence-corrected chi connectivity index (χ2v) is 14.2. The van der Waals surface area contributed by atoms with Crippen molar-refractivity contribution in [1.29, 1.82) is 0 Å². The molecule has 0 aliphatic heterocycles. The van der Waals surface area contributed by atoms with Crippen LogP contribution >= 0.6 is 0 Å². The van der Waals surface area contributed by atoms with E-state index in [1.165, 1.54) is 21.9 Å². The number of nitrogens with zero attached hydrogens (tertiary/aromatic N) is 2. The molecule has 0 aliphatic rings. The Morgan fingerprint density at radius 1 is 0.636 bits per heavy atom. The van der Waals surface area contributed by atoms with Gasteiger partial charge in [0.05, 0.1) is 5.56 Å². The molecular formula is C41H46N4O10. The predicted octanol–water partition coefficient (Wildman–Crippen LogP) is 7.32. The van der Waals surface area contributed by atoms with Gasteiger partial charge in [-0.15, -0.1) is 0 Å². The molecule has 290 valence electrons. The smallest absolute Gasteiger partial charge is 0.412 e. The molecule has 55 heavy (non-hydrogen) atoms. The van der Waals surface area contributed by atoms with Crippen LogP contribution in [-0.2, 0) is 32.0 Å². The van der Waals surface area contributed by atoms with Crippen LogP contribution in [-0.4, -0.2) is 83.8 Å². The summed E-state index contributed by atoms with van der Waals surface area (Å²) in [6, 6.07) is 18.2. The van der Waals surface area contributed by atoms with Gasteiger partial charge < -0.3 is 33.9 Å². The third-order valence-corrected chi connectivity index (χ3v) is 6.79. The molecule has 0 aromatic heterocycles. The number of ether oxygens (including phenoxy) is 4. The number of anilines is 2. The van der Waals surface area contributed by atoms with Crippen LogP contribution in [0.2, 0.25) is 0 Å². The van der Waals surface area contributed by atoms with E-state index in [-0.39, 0.29) is 31.9 Å². The topological polar surface area (TPSA) is 173 Å². The van der Waals surface area contributed by atoms with E-state index < -0.39 is 41.5 Å². The summed E-state index contributed by atoms with van der Waals surface area (Å²) >= 11 is 0. The van der Waals surface area contributed by atoms with Crippen molar-refractivity contribution in [2.24, 2.45) is 0 Å². The number of nitrogens with one attached hydrogen (secondary N) is 2. The summed E-state index contributed by atoms with van der Waals surface area (Å²) in [7, 11) is 3.10. The molecule has 0 bridgehead atoms. The lowest BCUT2D eigenvalue weighted by Gasteiger charge is -2.20.